The lowest BCUT2D eigenvalue weighted by molar-refractivity contribution is -0.323. The second kappa shape index (κ2) is 14.2. The molecule has 0 N–H and O–H groups in total. The van der Waals surface area contributed by atoms with Crippen LogP contribution in [-0.4, -0.2) is 37.2 Å². The first kappa shape index (κ1) is 27.2. The van der Waals surface area contributed by atoms with Crippen LogP contribution in [0.15, 0.2) is 36.5 Å². The zero-order chi connectivity index (χ0) is 22.4. The Bertz CT molecular complexity index is 592. The van der Waals surface area contributed by atoms with E-state index < -0.39 is 7.82 Å². The number of carbonyl (C=O) groups excluding carboxylic acids is 3. The number of Topliss-reactive ketones (excluding diaryl/α,β-unsaturated/α-hetero) is 3. The smallest absolute Gasteiger partial charge is 0.294 e. The summed E-state index contributed by atoms with van der Waals surface area (Å²) in [6.45, 7) is 14.2. The monoisotopic (exact) mass is 434 g/mol. The van der Waals surface area contributed by atoms with Gasteiger partial charge in [0.25, 0.3) is 0 Å². The van der Waals surface area contributed by atoms with Gasteiger partial charge in [0.2, 0.25) is 0 Å². The van der Waals surface area contributed by atoms with Crippen LogP contribution in [0.1, 0.15) is 40.0 Å². The van der Waals surface area contributed by atoms with E-state index in [0.717, 1.165) is 0 Å². The van der Waals surface area contributed by atoms with Crippen molar-refractivity contribution in [3.63, 3.8) is 0 Å². The van der Waals surface area contributed by atoms with Crippen LogP contribution in [0.4, 0.5) is 0 Å². The maximum Gasteiger partial charge on any atom is 0.556 e. The first-order valence-corrected chi connectivity index (χ1v) is 10.0. The van der Waals surface area contributed by atoms with E-state index >= 15 is 0 Å². The highest BCUT2D eigenvalue weighted by molar-refractivity contribution is 7.48. The SMILES string of the molecule is C=C(C)C(=O)CCOOP(=O)(OOCCC(=O)C(=C)C)OOCCC(=O)C(=C)C. The van der Waals surface area contributed by atoms with Gasteiger partial charge in [0, 0.05) is 19.3 Å². The minimum atomic E-state index is -4.54. The molecule has 11 heteroatoms. The van der Waals surface area contributed by atoms with Crippen LogP contribution >= 0.6 is 7.82 Å². The molecule has 164 valence electrons. The van der Waals surface area contributed by atoms with E-state index in [4.69, 9.17) is 0 Å². The van der Waals surface area contributed by atoms with Crippen molar-refractivity contribution in [2.75, 3.05) is 19.8 Å². The zero-order valence-corrected chi connectivity index (χ0v) is 17.8. The third-order valence-electron chi connectivity index (χ3n) is 3.10. The molecule has 0 heterocycles. The Morgan fingerprint density at radius 1 is 0.621 bits per heavy atom. The Kier molecular flexibility index (Phi) is 13.4. The third kappa shape index (κ3) is 13.1. The van der Waals surface area contributed by atoms with Gasteiger partial charge in [-0.3, -0.25) is 14.4 Å². The summed E-state index contributed by atoms with van der Waals surface area (Å²) in [6, 6.07) is 0. The highest BCUT2D eigenvalue weighted by atomic mass is 31.2. The second-order valence-electron chi connectivity index (χ2n) is 6.00. The van der Waals surface area contributed by atoms with Gasteiger partial charge in [-0.1, -0.05) is 19.7 Å². The summed E-state index contributed by atoms with van der Waals surface area (Å²) in [5.41, 5.74) is 0.959. The van der Waals surface area contributed by atoms with Crippen molar-refractivity contribution in [3.8, 4) is 0 Å². The predicted octanol–water partition coefficient (Wildman–Crippen LogP) is 3.55. The first-order valence-electron chi connectivity index (χ1n) is 8.58. The summed E-state index contributed by atoms with van der Waals surface area (Å²) in [4.78, 5) is 48.3. The van der Waals surface area contributed by atoms with E-state index in [9.17, 15) is 18.9 Å². The maximum atomic E-state index is 12.4. The molecule has 0 aromatic rings. The van der Waals surface area contributed by atoms with Crippen molar-refractivity contribution in [2.45, 2.75) is 40.0 Å². The molecule has 0 fully saturated rings. The Hall–Kier alpha value is -1.78. The predicted molar refractivity (Wildman–Crippen MR) is 102 cm³/mol. The molecule has 0 bridgehead atoms. The summed E-state index contributed by atoms with van der Waals surface area (Å²) in [7, 11) is -4.54. The molecule has 0 aliphatic rings. The molecule has 0 radical (unpaired) electrons. The van der Waals surface area contributed by atoms with Crippen molar-refractivity contribution >= 4 is 25.2 Å². The second-order valence-corrected chi connectivity index (χ2v) is 7.34. The van der Waals surface area contributed by atoms with Crippen LogP contribution in [0.5, 0.6) is 0 Å². The van der Waals surface area contributed by atoms with Gasteiger partial charge < -0.3 is 0 Å². The van der Waals surface area contributed by atoms with Crippen molar-refractivity contribution in [3.05, 3.63) is 36.5 Å². The van der Waals surface area contributed by atoms with Gasteiger partial charge in [-0.2, -0.15) is 0 Å². The highest BCUT2D eigenvalue weighted by Crippen LogP contribution is 2.50. The number of hydrogen-bond donors (Lipinski definition) is 0. The summed E-state index contributed by atoms with van der Waals surface area (Å²) >= 11 is 0. The van der Waals surface area contributed by atoms with Gasteiger partial charge in [-0.15, -0.1) is 14.0 Å². The van der Waals surface area contributed by atoms with Crippen molar-refractivity contribution < 1.29 is 47.6 Å². The average molecular weight is 434 g/mol. The quantitative estimate of drug-likeness (QED) is 0.104. The van der Waals surface area contributed by atoms with Gasteiger partial charge >= 0.3 is 7.82 Å². The molecule has 0 aliphatic heterocycles. The Labute approximate surface area is 169 Å². The topological polar surface area (TPSA) is 124 Å². The van der Waals surface area contributed by atoms with E-state index in [1.54, 1.807) is 0 Å². The van der Waals surface area contributed by atoms with E-state index in [-0.39, 0.29) is 56.4 Å². The number of hydrogen-bond acceptors (Lipinski definition) is 10. The van der Waals surface area contributed by atoms with Crippen LogP contribution in [0.2, 0.25) is 0 Å². The van der Waals surface area contributed by atoms with E-state index in [1.165, 1.54) is 20.8 Å². The van der Waals surface area contributed by atoms with Crippen molar-refractivity contribution in [2.24, 2.45) is 0 Å². The van der Waals surface area contributed by atoms with Gasteiger partial charge in [0.1, 0.15) is 0 Å². The Morgan fingerprint density at radius 2 is 0.862 bits per heavy atom. The fraction of sp³-hybridized carbons (Fsp3) is 0.500. The fourth-order valence-corrected chi connectivity index (χ4v) is 2.07. The molecule has 0 aliphatic carbocycles. The number of ketones is 3. The lowest BCUT2D eigenvalue weighted by Crippen LogP contribution is -2.10. The molecule has 0 amide bonds. The number of phosphoric acid groups is 1. The van der Waals surface area contributed by atoms with Crippen LogP contribution in [-0.2, 0) is 47.6 Å². The Balaban J connectivity index is 4.56. The number of allylic oxidation sites excluding steroid dienone is 3. The minimum absolute atomic E-state index is 0.0860. The lowest BCUT2D eigenvalue weighted by Gasteiger charge is -2.14. The minimum Gasteiger partial charge on any atom is -0.294 e. The van der Waals surface area contributed by atoms with Crippen LogP contribution in [0.3, 0.4) is 0 Å². The zero-order valence-electron chi connectivity index (χ0n) is 16.9. The van der Waals surface area contributed by atoms with Gasteiger partial charge in [-0.25, -0.2) is 19.2 Å². The molecule has 0 atom stereocenters. The Morgan fingerprint density at radius 3 is 1.07 bits per heavy atom. The average Bonchev–Trinajstić information content (AvgIpc) is 2.65. The molecule has 0 saturated heterocycles. The van der Waals surface area contributed by atoms with Gasteiger partial charge in [0.15, 0.2) is 17.3 Å². The number of rotatable bonds is 18. The standard InChI is InChI=1S/C18H27O10P/c1-13(2)16(19)7-10-23-26-29(22,27-24-11-8-17(20)14(3)4)28-25-12-9-18(21)15(5)6/h1,3,5,7-12H2,2,4,6H3. The molecule has 0 unspecified atom stereocenters. The fourth-order valence-electron chi connectivity index (χ4n) is 1.39. The van der Waals surface area contributed by atoms with Gasteiger partial charge in [-0.05, 0) is 37.5 Å². The molecule has 0 spiro atoms. The first-order chi connectivity index (χ1) is 13.5. The molecular weight excluding hydrogens is 407 g/mol. The van der Waals surface area contributed by atoms with Crippen LogP contribution in [0, 0.1) is 0 Å². The van der Waals surface area contributed by atoms with Crippen molar-refractivity contribution in [1.29, 1.82) is 0 Å². The summed E-state index contributed by atoms with van der Waals surface area (Å²) < 4.78 is 26.0. The van der Waals surface area contributed by atoms with E-state index in [2.05, 4.69) is 48.4 Å². The maximum absolute atomic E-state index is 12.4. The molecule has 0 saturated carbocycles. The molecular formula is C18H27O10P. The molecule has 10 nitrogen and oxygen atoms in total. The van der Waals surface area contributed by atoms with Crippen LogP contribution in [0.25, 0.3) is 0 Å². The normalized spacial score (nSPS) is 11.1. The molecule has 0 rings (SSSR count). The molecule has 0 aromatic carbocycles. The van der Waals surface area contributed by atoms with E-state index in [1.807, 2.05) is 0 Å². The highest BCUT2D eigenvalue weighted by Gasteiger charge is 2.33. The van der Waals surface area contributed by atoms with Gasteiger partial charge in [0.05, 0.1) is 19.8 Å². The summed E-state index contributed by atoms with van der Waals surface area (Å²) in [6.07, 6.45) is -0.258. The van der Waals surface area contributed by atoms with Crippen molar-refractivity contribution in [1.82, 2.24) is 0 Å². The molecule has 29 heavy (non-hydrogen) atoms. The third-order valence-corrected chi connectivity index (χ3v) is 3.96. The largest absolute Gasteiger partial charge is 0.556 e. The summed E-state index contributed by atoms with van der Waals surface area (Å²) in [5.74, 6) is -0.849. The number of carbonyl (C=O) groups is 3. The lowest BCUT2D eigenvalue weighted by atomic mass is 10.2. The van der Waals surface area contributed by atoms with Crippen LogP contribution < -0.4 is 0 Å². The molecule has 0 aromatic heterocycles. The summed E-state index contributed by atoms with van der Waals surface area (Å²) in [5, 5.41) is 0. The van der Waals surface area contributed by atoms with E-state index in [0.29, 0.717) is 16.7 Å².